The standard InChI is InChI=1S/C16H19N3O2/c1-12-3-4-14(11-13(12)2)16(21)19-9-7-18(8-10-19)15(20)5-6-17/h3-4,11H,5,7-10H2,1-2H3. The van der Waals surface area contributed by atoms with Crippen LogP contribution in [0.2, 0.25) is 0 Å². The fourth-order valence-corrected chi connectivity index (χ4v) is 2.40. The molecule has 0 radical (unpaired) electrons. The van der Waals surface area contributed by atoms with Gasteiger partial charge in [0, 0.05) is 31.7 Å². The smallest absolute Gasteiger partial charge is 0.253 e. The Balaban J connectivity index is 1.98. The molecule has 0 saturated carbocycles. The van der Waals surface area contributed by atoms with Gasteiger partial charge in [-0.15, -0.1) is 0 Å². The molecule has 0 N–H and O–H groups in total. The third-order valence-corrected chi connectivity index (χ3v) is 3.90. The lowest BCUT2D eigenvalue weighted by Crippen LogP contribution is -2.50. The summed E-state index contributed by atoms with van der Waals surface area (Å²) < 4.78 is 0. The third kappa shape index (κ3) is 3.40. The molecule has 1 aromatic rings. The molecule has 0 aromatic heterocycles. The first-order chi connectivity index (χ1) is 10.0. The van der Waals surface area contributed by atoms with Crippen LogP contribution in [0.3, 0.4) is 0 Å². The van der Waals surface area contributed by atoms with Crippen molar-refractivity contribution < 1.29 is 9.59 Å². The lowest BCUT2D eigenvalue weighted by Gasteiger charge is -2.34. The highest BCUT2D eigenvalue weighted by molar-refractivity contribution is 5.94. The molecule has 0 atom stereocenters. The van der Waals surface area contributed by atoms with Gasteiger partial charge in [-0.2, -0.15) is 5.26 Å². The van der Waals surface area contributed by atoms with Crippen molar-refractivity contribution in [1.82, 2.24) is 9.80 Å². The third-order valence-electron chi connectivity index (χ3n) is 3.90. The Labute approximate surface area is 124 Å². The average molecular weight is 285 g/mol. The Morgan fingerprint density at radius 3 is 2.29 bits per heavy atom. The van der Waals surface area contributed by atoms with Crippen LogP contribution in [0.4, 0.5) is 0 Å². The maximum absolute atomic E-state index is 12.4. The van der Waals surface area contributed by atoms with Gasteiger partial charge in [0.1, 0.15) is 6.42 Å². The van der Waals surface area contributed by atoms with E-state index < -0.39 is 0 Å². The van der Waals surface area contributed by atoms with Crippen LogP contribution in [0.5, 0.6) is 0 Å². The molecular formula is C16H19N3O2. The first kappa shape index (κ1) is 15.0. The molecule has 2 amide bonds. The van der Waals surface area contributed by atoms with Crippen molar-refractivity contribution in [3.8, 4) is 6.07 Å². The molecule has 1 heterocycles. The molecule has 1 saturated heterocycles. The Morgan fingerprint density at radius 1 is 1.10 bits per heavy atom. The van der Waals surface area contributed by atoms with E-state index in [1.54, 1.807) is 9.80 Å². The van der Waals surface area contributed by atoms with Crippen molar-refractivity contribution >= 4 is 11.8 Å². The quantitative estimate of drug-likeness (QED) is 0.827. The number of rotatable bonds is 2. The summed E-state index contributed by atoms with van der Waals surface area (Å²) in [6.07, 6.45) is -0.0922. The number of nitrogens with zero attached hydrogens (tertiary/aromatic N) is 3. The summed E-state index contributed by atoms with van der Waals surface area (Å²) in [4.78, 5) is 27.5. The van der Waals surface area contributed by atoms with E-state index in [4.69, 9.17) is 5.26 Å². The minimum Gasteiger partial charge on any atom is -0.338 e. The number of amides is 2. The van der Waals surface area contributed by atoms with Crippen molar-refractivity contribution in [1.29, 1.82) is 5.26 Å². The van der Waals surface area contributed by atoms with Gasteiger partial charge < -0.3 is 9.80 Å². The minimum atomic E-state index is -0.157. The predicted octanol–water partition coefficient (Wildman–Crippen LogP) is 1.50. The van der Waals surface area contributed by atoms with Gasteiger partial charge in [0.2, 0.25) is 5.91 Å². The number of aryl methyl sites for hydroxylation is 2. The molecular weight excluding hydrogens is 266 g/mol. The van der Waals surface area contributed by atoms with E-state index in [0.29, 0.717) is 31.7 Å². The lowest BCUT2D eigenvalue weighted by atomic mass is 10.1. The SMILES string of the molecule is Cc1ccc(C(=O)N2CCN(C(=O)CC#N)CC2)cc1C. The lowest BCUT2D eigenvalue weighted by molar-refractivity contribution is -0.131. The summed E-state index contributed by atoms with van der Waals surface area (Å²) in [7, 11) is 0. The van der Waals surface area contributed by atoms with Gasteiger partial charge in [-0.3, -0.25) is 9.59 Å². The number of carbonyl (C=O) groups excluding carboxylic acids is 2. The highest BCUT2D eigenvalue weighted by atomic mass is 16.2. The van der Waals surface area contributed by atoms with E-state index >= 15 is 0 Å². The fraction of sp³-hybridized carbons (Fsp3) is 0.438. The van der Waals surface area contributed by atoms with Crippen molar-refractivity contribution in [2.75, 3.05) is 26.2 Å². The van der Waals surface area contributed by atoms with E-state index in [1.165, 1.54) is 5.56 Å². The number of hydrogen-bond donors (Lipinski definition) is 0. The maximum atomic E-state index is 12.4. The largest absolute Gasteiger partial charge is 0.338 e. The molecule has 1 aliphatic rings. The molecule has 2 rings (SSSR count). The first-order valence-electron chi connectivity index (χ1n) is 7.04. The molecule has 0 spiro atoms. The van der Waals surface area contributed by atoms with Gasteiger partial charge in [0.25, 0.3) is 5.91 Å². The van der Waals surface area contributed by atoms with Gasteiger partial charge in [-0.25, -0.2) is 0 Å². The van der Waals surface area contributed by atoms with Gasteiger partial charge in [-0.1, -0.05) is 6.07 Å². The summed E-state index contributed by atoms with van der Waals surface area (Å²) in [5.74, 6) is -0.152. The van der Waals surface area contributed by atoms with Crippen LogP contribution in [-0.4, -0.2) is 47.8 Å². The summed E-state index contributed by atoms with van der Waals surface area (Å²) in [5.41, 5.74) is 2.96. The topological polar surface area (TPSA) is 64.4 Å². The summed E-state index contributed by atoms with van der Waals surface area (Å²) in [6.45, 7) is 6.04. The molecule has 5 heteroatoms. The molecule has 0 unspecified atom stereocenters. The number of hydrogen-bond acceptors (Lipinski definition) is 3. The second-order valence-corrected chi connectivity index (χ2v) is 5.31. The highest BCUT2D eigenvalue weighted by Crippen LogP contribution is 2.14. The van der Waals surface area contributed by atoms with E-state index in [-0.39, 0.29) is 18.2 Å². The van der Waals surface area contributed by atoms with Crippen LogP contribution in [0.1, 0.15) is 27.9 Å². The molecule has 1 aromatic carbocycles. The van der Waals surface area contributed by atoms with Crippen LogP contribution >= 0.6 is 0 Å². The van der Waals surface area contributed by atoms with Crippen LogP contribution in [0.25, 0.3) is 0 Å². The molecule has 110 valence electrons. The van der Waals surface area contributed by atoms with Crippen molar-refractivity contribution in [3.63, 3.8) is 0 Å². The molecule has 0 aliphatic carbocycles. The Bertz CT molecular complexity index is 596. The van der Waals surface area contributed by atoms with E-state index in [1.807, 2.05) is 38.1 Å². The Hall–Kier alpha value is -2.35. The fourth-order valence-electron chi connectivity index (χ4n) is 2.40. The minimum absolute atomic E-state index is 0.00508. The number of nitriles is 1. The Kier molecular flexibility index (Phi) is 4.59. The second kappa shape index (κ2) is 6.40. The second-order valence-electron chi connectivity index (χ2n) is 5.31. The zero-order valence-electron chi connectivity index (χ0n) is 12.4. The number of benzene rings is 1. The summed E-state index contributed by atoms with van der Waals surface area (Å²) >= 11 is 0. The van der Waals surface area contributed by atoms with Crippen LogP contribution in [0, 0.1) is 25.2 Å². The summed E-state index contributed by atoms with van der Waals surface area (Å²) in [5, 5.41) is 8.54. The van der Waals surface area contributed by atoms with Crippen LogP contribution in [0.15, 0.2) is 18.2 Å². The average Bonchev–Trinajstić information content (AvgIpc) is 2.50. The van der Waals surface area contributed by atoms with Gasteiger partial charge in [0.05, 0.1) is 6.07 Å². The number of piperazine rings is 1. The van der Waals surface area contributed by atoms with Gasteiger partial charge in [0.15, 0.2) is 0 Å². The van der Waals surface area contributed by atoms with Gasteiger partial charge >= 0.3 is 0 Å². The van der Waals surface area contributed by atoms with Crippen molar-refractivity contribution in [3.05, 3.63) is 34.9 Å². The van der Waals surface area contributed by atoms with E-state index in [0.717, 1.165) is 5.56 Å². The molecule has 5 nitrogen and oxygen atoms in total. The zero-order valence-corrected chi connectivity index (χ0v) is 12.4. The normalized spacial score (nSPS) is 14.7. The monoisotopic (exact) mass is 285 g/mol. The first-order valence-corrected chi connectivity index (χ1v) is 7.04. The Morgan fingerprint density at radius 2 is 1.71 bits per heavy atom. The van der Waals surface area contributed by atoms with Crippen molar-refractivity contribution in [2.45, 2.75) is 20.3 Å². The van der Waals surface area contributed by atoms with Gasteiger partial charge in [-0.05, 0) is 37.1 Å². The van der Waals surface area contributed by atoms with E-state index in [2.05, 4.69) is 0 Å². The zero-order chi connectivity index (χ0) is 15.4. The number of carbonyl (C=O) groups is 2. The molecule has 0 bridgehead atoms. The molecule has 1 aliphatic heterocycles. The van der Waals surface area contributed by atoms with Crippen molar-refractivity contribution in [2.24, 2.45) is 0 Å². The molecule has 1 fully saturated rings. The maximum Gasteiger partial charge on any atom is 0.253 e. The highest BCUT2D eigenvalue weighted by Gasteiger charge is 2.24. The summed E-state index contributed by atoms with van der Waals surface area (Å²) in [6, 6.07) is 7.57. The predicted molar refractivity (Wildman–Crippen MR) is 78.6 cm³/mol. The van der Waals surface area contributed by atoms with E-state index in [9.17, 15) is 9.59 Å². The van der Waals surface area contributed by atoms with Crippen LogP contribution in [-0.2, 0) is 4.79 Å². The van der Waals surface area contributed by atoms with Crippen LogP contribution < -0.4 is 0 Å². The molecule has 21 heavy (non-hydrogen) atoms.